The highest BCUT2D eigenvalue weighted by Gasteiger charge is 2.07. The molecule has 2 N–H and O–H groups in total. The number of ether oxygens (including phenoxy) is 1. The SMILES string of the molecule is O=C(/C=C/c1ccccc1)Nc1ccc(C(=O)N/N=C\c2ccccc2OC(=O)/C=C/c2ccccc2)cc1. The van der Waals surface area contributed by atoms with Crippen LogP contribution in [-0.4, -0.2) is 24.0 Å². The first-order valence-electron chi connectivity index (χ1n) is 12.1. The highest BCUT2D eigenvalue weighted by Crippen LogP contribution is 2.17. The van der Waals surface area contributed by atoms with Crippen LogP contribution in [0.3, 0.4) is 0 Å². The van der Waals surface area contributed by atoms with Crippen LogP contribution in [-0.2, 0) is 9.59 Å². The lowest BCUT2D eigenvalue weighted by atomic mass is 10.2. The topological polar surface area (TPSA) is 96.9 Å². The van der Waals surface area contributed by atoms with Crippen molar-refractivity contribution in [3.8, 4) is 5.75 Å². The first-order chi connectivity index (χ1) is 19.1. The molecular weight excluding hydrogens is 490 g/mol. The van der Waals surface area contributed by atoms with E-state index in [0.717, 1.165) is 11.1 Å². The summed E-state index contributed by atoms with van der Waals surface area (Å²) in [4.78, 5) is 36.9. The molecule has 4 rings (SSSR count). The molecule has 0 fully saturated rings. The Morgan fingerprint density at radius 1 is 0.667 bits per heavy atom. The molecular formula is C32H25N3O4. The third-order valence-electron chi connectivity index (χ3n) is 5.35. The van der Waals surface area contributed by atoms with Gasteiger partial charge in [-0.05, 0) is 59.7 Å². The van der Waals surface area contributed by atoms with Gasteiger partial charge in [0, 0.05) is 29.0 Å². The number of nitrogens with one attached hydrogen (secondary N) is 2. The van der Waals surface area contributed by atoms with Crippen LogP contribution in [0.15, 0.2) is 126 Å². The number of carbonyl (C=O) groups is 3. The number of rotatable bonds is 9. The smallest absolute Gasteiger partial charge is 0.336 e. The third-order valence-corrected chi connectivity index (χ3v) is 5.35. The van der Waals surface area contributed by atoms with Crippen molar-refractivity contribution in [2.45, 2.75) is 0 Å². The number of benzene rings is 4. The standard InChI is InChI=1S/C32H25N3O4/c36-30(21-15-24-9-3-1-4-10-24)34-28-19-17-26(18-20-28)32(38)35-33-23-27-13-7-8-14-29(27)39-31(37)22-16-25-11-5-2-6-12-25/h1-23H,(H,34,36)(H,35,38)/b21-15+,22-16+,33-23-. The number of hydrazone groups is 1. The van der Waals surface area contributed by atoms with Crippen LogP contribution < -0.4 is 15.5 Å². The maximum Gasteiger partial charge on any atom is 0.336 e. The first-order valence-corrected chi connectivity index (χ1v) is 12.1. The van der Waals surface area contributed by atoms with Gasteiger partial charge < -0.3 is 10.1 Å². The Morgan fingerprint density at radius 3 is 1.92 bits per heavy atom. The molecule has 0 bridgehead atoms. The molecule has 0 aliphatic carbocycles. The van der Waals surface area contributed by atoms with E-state index in [0.29, 0.717) is 22.6 Å². The summed E-state index contributed by atoms with van der Waals surface area (Å²) in [6.45, 7) is 0. The summed E-state index contributed by atoms with van der Waals surface area (Å²) in [7, 11) is 0. The van der Waals surface area contributed by atoms with Crippen molar-refractivity contribution < 1.29 is 19.1 Å². The van der Waals surface area contributed by atoms with Gasteiger partial charge in [0.1, 0.15) is 5.75 Å². The minimum atomic E-state index is -0.536. The largest absolute Gasteiger partial charge is 0.423 e. The minimum Gasteiger partial charge on any atom is -0.423 e. The maximum absolute atomic E-state index is 12.5. The summed E-state index contributed by atoms with van der Waals surface area (Å²) in [5.41, 5.74) is 5.67. The van der Waals surface area contributed by atoms with Gasteiger partial charge in [-0.15, -0.1) is 0 Å². The zero-order valence-electron chi connectivity index (χ0n) is 20.9. The molecule has 0 radical (unpaired) electrons. The van der Waals surface area contributed by atoms with Crippen molar-refractivity contribution in [2.24, 2.45) is 5.10 Å². The zero-order chi connectivity index (χ0) is 27.3. The number of para-hydroxylation sites is 1. The van der Waals surface area contributed by atoms with Gasteiger partial charge in [0.05, 0.1) is 6.21 Å². The van der Waals surface area contributed by atoms with E-state index in [1.165, 1.54) is 18.4 Å². The van der Waals surface area contributed by atoms with Crippen LogP contribution in [0.5, 0.6) is 5.75 Å². The first kappa shape index (κ1) is 26.5. The fourth-order valence-electron chi connectivity index (χ4n) is 3.40. The molecule has 4 aromatic carbocycles. The minimum absolute atomic E-state index is 0.282. The number of nitrogens with zero attached hydrogens (tertiary/aromatic N) is 1. The van der Waals surface area contributed by atoms with Gasteiger partial charge >= 0.3 is 5.97 Å². The van der Waals surface area contributed by atoms with Gasteiger partial charge in [0.2, 0.25) is 5.91 Å². The van der Waals surface area contributed by atoms with Crippen molar-refractivity contribution in [1.82, 2.24) is 5.43 Å². The molecule has 0 aliphatic heterocycles. The Balaban J connectivity index is 1.30. The number of esters is 1. The molecule has 0 saturated carbocycles. The van der Waals surface area contributed by atoms with Crippen molar-refractivity contribution in [3.63, 3.8) is 0 Å². The highest BCUT2D eigenvalue weighted by molar-refractivity contribution is 6.02. The summed E-state index contributed by atoms with van der Waals surface area (Å²) in [6.07, 6.45) is 7.57. The van der Waals surface area contributed by atoms with Crippen LogP contribution in [0.1, 0.15) is 27.0 Å². The van der Waals surface area contributed by atoms with Gasteiger partial charge in [0.15, 0.2) is 0 Å². The second-order valence-corrected chi connectivity index (χ2v) is 8.21. The lowest BCUT2D eigenvalue weighted by Gasteiger charge is -2.06. The van der Waals surface area contributed by atoms with Crippen molar-refractivity contribution in [3.05, 3.63) is 144 Å². The van der Waals surface area contributed by atoms with E-state index in [4.69, 9.17) is 4.74 Å². The third kappa shape index (κ3) is 8.51. The molecule has 7 nitrogen and oxygen atoms in total. The Kier molecular flexibility index (Phi) is 9.29. The Labute approximate surface area is 226 Å². The summed E-state index contributed by atoms with van der Waals surface area (Å²) in [5.74, 6) is -0.949. The van der Waals surface area contributed by atoms with Crippen molar-refractivity contribution in [2.75, 3.05) is 5.32 Å². The molecule has 7 heteroatoms. The van der Waals surface area contributed by atoms with Gasteiger partial charge in [0.25, 0.3) is 5.91 Å². The quantitative estimate of drug-likeness (QED) is 0.0979. The molecule has 0 heterocycles. The Bertz CT molecular complexity index is 1510. The fraction of sp³-hybridized carbons (Fsp3) is 0. The summed E-state index contributed by atoms with van der Waals surface area (Å²) in [6, 6.07) is 32.2. The molecule has 0 unspecified atom stereocenters. The average Bonchev–Trinajstić information content (AvgIpc) is 2.97. The summed E-state index contributed by atoms with van der Waals surface area (Å²) < 4.78 is 5.43. The molecule has 0 spiro atoms. The molecule has 2 amide bonds. The highest BCUT2D eigenvalue weighted by atomic mass is 16.5. The average molecular weight is 516 g/mol. The van der Waals surface area contributed by atoms with E-state index in [2.05, 4.69) is 15.8 Å². The lowest BCUT2D eigenvalue weighted by Crippen LogP contribution is -2.18. The molecule has 0 saturated heterocycles. The second-order valence-electron chi connectivity index (χ2n) is 8.21. The predicted octanol–water partition coefficient (Wildman–Crippen LogP) is 5.72. The van der Waals surface area contributed by atoms with E-state index < -0.39 is 11.9 Å². The van der Waals surface area contributed by atoms with Gasteiger partial charge in [-0.1, -0.05) is 72.8 Å². The molecule has 192 valence electrons. The Morgan fingerprint density at radius 2 is 1.26 bits per heavy atom. The number of amides is 2. The summed E-state index contributed by atoms with van der Waals surface area (Å²) in [5, 5.41) is 6.74. The predicted molar refractivity (Wildman–Crippen MR) is 153 cm³/mol. The van der Waals surface area contributed by atoms with Gasteiger partial charge in [-0.2, -0.15) is 5.10 Å². The molecule has 39 heavy (non-hydrogen) atoms. The van der Waals surface area contributed by atoms with E-state index in [1.807, 2.05) is 60.7 Å². The lowest BCUT2D eigenvalue weighted by molar-refractivity contribution is -0.128. The number of hydrogen-bond donors (Lipinski definition) is 2. The van der Waals surface area contributed by atoms with E-state index in [-0.39, 0.29) is 5.91 Å². The zero-order valence-corrected chi connectivity index (χ0v) is 20.9. The molecule has 0 atom stereocenters. The monoisotopic (exact) mass is 515 g/mol. The second kappa shape index (κ2) is 13.7. The van der Waals surface area contributed by atoms with Crippen LogP contribution in [0.4, 0.5) is 5.69 Å². The van der Waals surface area contributed by atoms with Crippen molar-refractivity contribution in [1.29, 1.82) is 0 Å². The van der Waals surface area contributed by atoms with Gasteiger partial charge in [-0.25, -0.2) is 10.2 Å². The van der Waals surface area contributed by atoms with Crippen molar-refractivity contribution >= 4 is 41.8 Å². The van der Waals surface area contributed by atoms with E-state index >= 15 is 0 Å². The normalized spacial score (nSPS) is 11.1. The molecule has 0 aliphatic rings. The van der Waals surface area contributed by atoms with Crippen LogP contribution >= 0.6 is 0 Å². The summed E-state index contributed by atoms with van der Waals surface area (Å²) >= 11 is 0. The number of hydrogen-bond acceptors (Lipinski definition) is 5. The Hall–Kier alpha value is -5.56. The maximum atomic E-state index is 12.5. The van der Waals surface area contributed by atoms with Crippen LogP contribution in [0.25, 0.3) is 12.2 Å². The molecule has 4 aromatic rings. The fourth-order valence-corrected chi connectivity index (χ4v) is 3.40. The molecule has 0 aromatic heterocycles. The van der Waals surface area contributed by atoms with Crippen LogP contribution in [0.2, 0.25) is 0 Å². The van der Waals surface area contributed by atoms with E-state index in [1.54, 1.807) is 60.7 Å². The van der Waals surface area contributed by atoms with Gasteiger partial charge in [-0.3, -0.25) is 9.59 Å². The van der Waals surface area contributed by atoms with Crippen LogP contribution in [0, 0.1) is 0 Å². The number of anilines is 1. The van der Waals surface area contributed by atoms with E-state index in [9.17, 15) is 14.4 Å². The number of carbonyl (C=O) groups excluding carboxylic acids is 3.